The number of halogens is 3. The molecule has 6 nitrogen and oxygen atoms in total. The van der Waals surface area contributed by atoms with Gasteiger partial charge in [-0.15, -0.1) is 5.10 Å². The lowest BCUT2D eigenvalue weighted by Crippen LogP contribution is -2.19. The molecule has 0 aliphatic heterocycles. The van der Waals surface area contributed by atoms with E-state index < -0.39 is 18.0 Å². The Hall–Kier alpha value is -2.58. The molecule has 1 aromatic heterocycles. The number of nitrogens with zero attached hydrogens (tertiary/aromatic N) is 2. The number of alkyl halides is 3. The van der Waals surface area contributed by atoms with Gasteiger partial charge in [0.1, 0.15) is 11.9 Å². The Morgan fingerprint density at radius 3 is 2.58 bits per heavy atom. The summed E-state index contributed by atoms with van der Waals surface area (Å²) in [6.07, 6.45) is -4.57. The largest absolute Gasteiger partial charge is 0.497 e. The highest BCUT2D eigenvalue weighted by Gasteiger charge is 2.37. The maximum absolute atomic E-state index is 12.8. The van der Waals surface area contributed by atoms with Crippen molar-refractivity contribution in [3.8, 4) is 5.75 Å². The van der Waals surface area contributed by atoms with E-state index in [1.807, 2.05) is 12.1 Å². The van der Waals surface area contributed by atoms with Gasteiger partial charge in [-0.25, -0.2) is 0 Å². The molecule has 0 amide bonds. The first kappa shape index (κ1) is 17.8. The summed E-state index contributed by atoms with van der Waals surface area (Å²) >= 11 is 0. The number of methoxy groups -OCH3 is 1. The fourth-order valence-corrected chi connectivity index (χ4v) is 2.26. The first-order valence-electron chi connectivity index (χ1n) is 7.13. The second kappa shape index (κ2) is 7.80. The van der Waals surface area contributed by atoms with Crippen LogP contribution in [0.15, 0.2) is 24.3 Å². The molecule has 9 heteroatoms. The highest BCUT2D eigenvalue weighted by Crippen LogP contribution is 2.30. The molecule has 2 rings (SSSR count). The maximum atomic E-state index is 12.8. The van der Waals surface area contributed by atoms with E-state index in [-0.39, 0.29) is 18.6 Å². The Labute approximate surface area is 136 Å². The van der Waals surface area contributed by atoms with Crippen molar-refractivity contribution in [2.45, 2.75) is 31.5 Å². The van der Waals surface area contributed by atoms with Crippen molar-refractivity contribution in [3.05, 3.63) is 41.2 Å². The van der Waals surface area contributed by atoms with Gasteiger partial charge in [-0.1, -0.05) is 17.3 Å². The summed E-state index contributed by atoms with van der Waals surface area (Å²) in [4.78, 5) is 10.6. The van der Waals surface area contributed by atoms with Crippen LogP contribution in [0.1, 0.15) is 23.4 Å². The Morgan fingerprint density at radius 1 is 1.29 bits per heavy atom. The van der Waals surface area contributed by atoms with Crippen molar-refractivity contribution in [2.75, 3.05) is 7.11 Å². The normalized spacial score (nSPS) is 12.7. The van der Waals surface area contributed by atoms with E-state index >= 15 is 0 Å². The van der Waals surface area contributed by atoms with Crippen LogP contribution in [0.25, 0.3) is 0 Å². The van der Waals surface area contributed by atoms with E-state index in [0.29, 0.717) is 18.6 Å². The van der Waals surface area contributed by atoms with E-state index in [1.54, 1.807) is 19.2 Å². The number of aromatic nitrogens is 3. The minimum Gasteiger partial charge on any atom is -0.497 e. The van der Waals surface area contributed by atoms with Gasteiger partial charge in [-0.2, -0.15) is 13.2 Å². The molecule has 0 aliphatic carbocycles. The first-order valence-corrected chi connectivity index (χ1v) is 7.13. The van der Waals surface area contributed by atoms with E-state index in [9.17, 15) is 18.0 Å². The summed E-state index contributed by atoms with van der Waals surface area (Å²) in [5.41, 5.74) is -0.343. The van der Waals surface area contributed by atoms with Crippen LogP contribution in [-0.2, 0) is 28.5 Å². The summed E-state index contributed by atoms with van der Waals surface area (Å²) in [5, 5.41) is 8.46. The molecule has 1 unspecified atom stereocenters. The van der Waals surface area contributed by atoms with Gasteiger partial charge in [-0.05, 0) is 30.5 Å². The van der Waals surface area contributed by atoms with Crippen molar-refractivity contribution >= 4 is 6.47 Å². The average Bonchev–Trinajstić information content (AvgIpc) is 3.02. The molecule has 1 aromatic carbocycles. The van der Waals surface area contributed by atoms with E-state index in [1.165, 1.54) is 0 Å². The summed E-state index contributed by atoms with van der Waals surface area (Å²) in [5.74, 6) is 0.706. The molecule has 0 aliphatic rings. The third-order valence-corrected chi connectivity index (χ3v) is 3.48. The maximum Gasteiger partial charge on any atom is 0.437 e. The number of rotatable bonds is 8. The Kier molecular flexibility index (Phi) is 5.78. The molecule has 24 heavy (non-hydrogen) atoms. The number of hydrogen-bond acceptors (Lipinski definition) is 5. The molecule has 0 saturated carbocycles. The highest BCUT2D eigenvalue weighted by molar-refractivity contribution is 5.37. The molecule has 0 fully saturated rings. The van der Waals surface area contributed by atoms with Crippen LogP contribution in [0.3, 0.4) is 0 Å². The molecule has 1 heterocycles. The minimum atomic E-state index is -4.61. The molecule has 1 N–H and O–H groups in total. The van der Waals surface area contributed by atoms with Crippen molar-refractivity contribution in [1.29, 1.82) is 0 Å². The topological polar surface area (TPSA) is 77.1 Å². The average molecular weight is 343 g/mol. The molecule has 130 valence electrons. The molecule has 0 spiro atoms. The Bertz CT molecular complexity index is 656. The van der Waals surface area contributed by atoms with Gasteiger partial charge in [0.05, 0.1) is 12.8 Å². The fraction of sp³-hybridized carbons (Fsp3) is 0.400. The van der Waals surface area contributed by atoms with Crippen LogP contribution in [0.2, 0.25) is 0 Å². The summed E-state index contributed by atoms with van der Waals surface area (Å²) < 4.78 is 48.3. The molecular weight excluding hydrogens is 327 g/mol. The van der Waals surface area contributed by atoms with Crippen molar-refractivity contribution in [2.24, 2.45) is 0 Å². The van der Waals surface area contributed by atoms with Crippen molar-refractivity contribution in [3.63, 3.8) is 0 Å². The predicted molar refractivity (Wildman–Crippen MR) is 77.3 cm³/mol. The van der Waals surface area contributed by atoms with E-state index in [0.717, 1.165) is 5.56 Å². The zero-order chi connectivity index (χ0) is 17.6. The molecule has 2 aromatic rings. The second-order valence-electron chi connectivity index (χ2n) is 5.08. The zero-order valence-electron chi connectivity index (χ0n) is 12.8. The number of ether oxygens (including phenoxy) is 2. The molecule has 0 bridgehead atoms. The van der Waals surface area contributed by atoms with Crippen LogP contribution in [0.5, 0.6) is 5.75 Å². The third kappa shape index (κ3) is 4.71. The highest BCUT2D eigenvalue weighted by atomic mass is 19.4. The van der Waals surface area contributed by atoms with Crippen molar-refractivity contribution in [1.82, 2.24) is 15.4 Å². The molecule has 0 radical (unpaired) electrons. The number of benzene rings is 1. The lowest BCUT2D eigenvalue weighted by atomic mass is 10.0. The number of H-pyrrole nitrogens is 1. The van der Waals surface area contributed by atoms with Crippen molar-refractivity contribution < 1.29 is 27.4 Å². The van der Waals surface area contributed by atoms with Gasteiger partial charge in [0, 0.05) is 6.42 Å². The van der Waals surface area contributed by atoms with Crippen LogP contribution >= 0.6 is 0 Å². The summed E-state index contributed by atoms with van der Waals surface area (Å²) in [6, 6.07) is 7.25. The SMILES string of the molecule is COc1ccc(CCC(Cc2[nH]nnc2C(F)(F)F)OC=O)cc1. The first-order chi connectivity index (χ1) is 11.4. The number of carbonyl (C=O) groups excluding carboxylic acids is 1. The van der Waals surface area contributed by atoms with Crippen LogP contribution in [0, 0.1) is 0 Å². The van der Waals surface area contributed by atoms with Gasteiger partial charge in [-0.3, -0.25) is 9.89 Å². The smallest absolute Gasteiger partial charge is 0.437 e. The number of hydrogen-bond donors (Lipinski definition) is 1. The van der Waals surface area contributed by atoms with Crippen LogP contribution in [0.4, 0.5) is 13.2 Å². The van der Waals surface area contributed by atoms with E-state index in [4.69, 9.17) is 9.47 Å². The minimum absolute atomic E-state index is 0.142. The van der Waals surface area contributed by atoms with Gasteiger partial charge in [0.15, 0.2) is 5.69 Å². The summed E-state index contributed by atoms with van der Waals surface area (Å²) in [6.45, 7) is 0.232. The molecule has 1 atom stereocenters. The lowest BCUT2D eigenvalue weighted by Gasteiger charge is -2.15. The van der Waals surface area contributed by atoms with Gasteiger partial charge >= 0.3 is 6.18 Å². The summed E-state index contributed by atoms with van der Waals surface area (Å²) in [7, 11) is 1.56. The van der Waals surface area contributed by atoms with Crippen LogP contribution < -0.4 is 4.74 Å². The fourth-order valence-electron chi connectivity index (χ4n) is 2.26. The quantitative estimate of drug-likeness (QED) is 0.746. The van der Waals surface area contributed by atoms with Gasteiger partial charge < -0.3 is 9.47 Å². The van der Waals surface area contributed by atoms with E-state index in [2.05, 4.69) is 15.4 Å². The monoisotopic (exact) mass is 343 g/mol. The number of aromatic amines is 1. The van der Waals surface area contributed by atoms with Gasteiger partial charge in [0.2, 0.25) is 0 Å². The predicted octanol–water partition coefficient (Wildman–Crippen LogP) is 2.55. The number of aryl methyl sites for hydroxylation is 1. The molecular formula is C15H16F3N3O3. The zero-order valence-corrected chi connectivity index (χ0v) is 12.8. The Balaban J connectivity index is 2.01. The van der Waals surface area contributed by atoms with Gasteiger partial charge in [0.25, 0.3) is 6.47 Å². The number of carbonyl (C=O) groups is 1. The Morgan fingerprint density at radius 2 is 2.00 bits per heavy atom. The molecule has 0 saturated heterocycles. The second-order valence-corrected chi connectivity index (χ2v) is 5.08. The van der Waals surface area contributed by atoms with Crippen LogP contribution in [-0.4, -0.2) is 35.1 Å². The number of nitrogens with one attached hydrogen (secondary N) is 1. The third-order valence-electron chi connectivity index (χ3n) is 3.48. The lowest BCUT2D eigenvalue weighted by molar-refractivity contribution is -0.142. The standard InChI is InChI=1S/C15H16F3N3O3/c1-23-11-5-2-10(3-6-11)4-7-12(24-9-22)8-13-14(15(16,17)18)20-21-19-13/h2-3,5-6,9,12H,4,7-8H2,1H3,(H,19,20,21).